The summed E-state index contributed by atoms with van der Waals surface area (Å²) in [5.41, 5.74) is 9.49. The molecule has 2 aromatic heterocycles. The van der Waals surface area contributed by atoms with Crippen molar-refractivity contribution in [3.63, 3.8) is 0 Å². The normalized spacial score (nSPS) is 21.3. The fourth-order valence-corrected chi connectivity index (χ4v) is 4.59. The summed E-state index contributed by atoms with van der Waals surface area (Å²) in [4.78, 5) is 3.61. The van der Waals surface area contributed by atoms with Gasteiger partial charge in [0.25, 0.3) is 0 Å². The van der Waals surface area contributed by atoms with E-state index in [1.807, 2.05) is 6.20 Å². The van der Waals surface area contributed by atoms with Gasteiger partial charge in [-0.3, -0.25) is 0 Å². The van der Waals surface area contributed by atoms with Gasteiger partial charge in [0.1, 0.15) is 0 Å². The Morgan fingerprint density at radius 1 is 1.00 bits per heavy atom. The zero-order valence-electron chi connectivity index (χ0n) is 16.2. The van der Waals surface area contributed by atoms with Crippen LogP contribution in [-0.2, 0) is 18.3 Å². The molecule has 2 aliphatic rings. The molecule has 2 unspecified atom stereocenters. The Balaban J connectivity index is 1.56. The third-order valence-corrected chi connectivity index (χ3v) is 6.15. The molecule has 2 N–H and O–H groups in total. The molecule has 4 nitrogen and oxygen atoms in total. The number of aryl methyl sites for hydroxylation is 2. The number of H-pyrrole nitrogens is 1. The number of aromatic nitrogens is 3. The van der Waals surface area contributed by atoms with Crippen LogP contribution in [0.3, 0.4) is 0 Å². The number of rotatable bonds is 1. The van der Waals surface area contributed by atoms with Gasteiger partial charge in [0, 0.05) is 30.6 Å². The Kier molecular flexibility index (Phi) is 3.73. The smallest absolute Gasteiger partial charge is 0.0878 e. The molecule has 27 heavy (non-hydrogen) atoms. The number of nitrogens with one attached hydrogen (secondary N) is 2. The zero-order valence-corrected chi connectivity index (χ0v) is 16.2. The van der Waals surface area contributed by atoms with Crippen LogP contribution < -0.4 is 5.32 Å². The highest BCUT2D eigenvalue weighted by atomic mass is 15.1. The summed E-state index contributed by atoms with van der Waals surface area (Å²) in [6, 6.07) is 11.4. The van der Waals surface area contributed by atoms with Crippen LogP contribution in [0.2, 0.25) is 0 Å². The predicted octanol–water partition coefficient (Wildman–Crippen LogP) is 4.03. The first-order valence-electron chi connectivity index (χ1n) is 9.86. The van der Waals surface area contributed by atoms with Crippen LogP contribution in [0.15, 0.2) is 42.7 Å². The van der Waals surface area contributed by atoms with Gasteiger partial charge < -0.3 is 10.3 Å². The van der Waals surface area contributed by atoms with Crippen molar-refractivity contribution in [3.05, 3.63) is 81.9 Å². The molecule has 0 radical (unpaired) electrons. The molecule has 138 valence electrons. The molecular weight excluding hydrogens is 332 g/mol. The van der Waals surface area contributed by atoms with Gasteiger partial charge in [-0.05, 0) is 52.1 Å². The lowest BCUT2D eigenvalue weighted by Crippen LogP contribution is -2.35. The SMILES string of the molecule is CC(C)(C)c1ccc(C2CNC3c4nnccc4CCc4c[nH]c2c43)cc1. The van der Waals surface area contributed by atoms with Crippen LogP contribution in [0.5, 0.6) is 0 Å². The van der Waals surface area contributed by atoms with E-state index in [4.69, 9.17) is 0 Å². The standard InChI is InChI=1S/C23H26N4/c1-23(2,3)17-8-6-14(7-9-17)18-13-25-22-19-16(12-24-21(18)19)5-4-15-10-11-26-27-20(15)22/h6-12,18,22,24-25H,4-5,13H2,1-3H3. The minimum Gasteiger partial charge on any atom is -0.364 e. The first-order valence-corrected chi connectivity index (χ1v) is 9.86. The molecule has 0 amide bonds. The van der Waals surface area contributed by atoms with Crippen LogP contribution in [0.4, 0.5) is 0 Å². The summed E-state index contributed by atoms with van der Waals surface area (Å²) in [5.74, 6) is 0.345. The van der Waals surface area contributed by atoms with Gasteiger partial charge in [0.15, 0.2) is 0 Å². The molecule has 0 saturated carbocycles. The zero-order chi connectivity index (χ0) is 18.6. The largest absolute Gasteiger partial charge is 0.364 e. The van der Waals surface area contributed by atoms with Crippen molar-refractivity contribution in [2.24, 2.45) is 0 Å². The Morgan fingerprint density at radius 2 is 1.78 bits per heavy atom. The average Bonchev–Trinajstić information content (AvgIpc) is 3.02. The summed E-state index contributed by atoms with van der Waals surface area (Å²) in [6.45, 7) is 7.69. The van der Waals surface area contributed by atoms with E-state index in [0.29, 0.717) is 5.92 Å². The van der Waals surface area contributed by atoms with E-state index in [1.165, 1.54) is 33.5 Å². The molecule has 1 aliphatic heterocycles. The minimum atomic E-state index is 0.151. The first-order chi connectivity index (χ1) is 13.0. The van der Waals surface area contributed by atoms with E-state index < -0.39 is 0 Å². The molecule has 2 atom stereocenters. The topological polar surface area (TPSA) is 53.6 Å². The number of aromatic amines is 1. The number of hydrogen-bond acceptors (Lipinski definition) is 3. The summed E-state index contributed by atoms with van der Waals surface area (Å²) in [5, 5.41) is 12.4. The Morgan fingerprint density at radius 3 is 2.56 bits per heavy atom. The van der Waals surface area contributed by atoms with Crippen molar-refractivity contribution < 1.29 is 0 Å². The van der Waals surface area contributed by atoms with Crippen LogP contribution in [0.1, 0.15) is 71.9 Å². The molecule has 1 aliphatic carbocycles. The van der Waals surface area contributed by atoms with E-state index in [9.17, 15) is 0 Å². The van der Waals surface area contributed by atoms with Crippen molar-refractivity contribution >= 4 is 0 Å². The van der Waals surface area contributed by atoms with Crippen molar-refractivity contribution in [2.45, 2.75) is 51.0 Å². The number of fused-ring (bicyclic) bond motifs is 2. The van der Waals surface area contributed by atoms with E-state index in [0.717, 1.165) is 25.1 Å². The van der Waals surface area contributed by atoms with Crippen LogP contribution in [0, 0.1) is 0 Å². The minimum absolute atomic E-state index is 0.151. The van der Waals surface area contributed by atoms with Crippen molar-refractivity contribution in [1.29, 1.82) is 0 Å². The average molecular weight is 358 g/mol. The van der Waals surface area contributed by atoms with Gasteiger partial charge in [-0.25, -0.2) is 0 Å². The Bertz CT molecular complexity index is 978. The number of hydrogen-bond donors (Lipinski definition) is 2. The van der Waals surface area contributed by atoms with Gasteiger partial charge in [-0.15, -0.1) is 0 Å². The third kappa shape index (κ3) is 2.71. The molecule has 3 heterocycles. The second-order valence-electron chi connectivity index (χ2n) is 8.85. The van der Waals surface area contributed by atoms with Crippen LogP contribution in [-0.4, -0.2) is 21.7 Å². The van der Waals surface area contributed by atoms with E-state index in [-0.39, 0.29) is 11.5 Å². The highest BCUT2D eigenvalue weighted by molar-refractivity contribution is 5.49. The Labute approximate surface area is 160 Å². The molecule has 0 saturated heterocycles. The lowest BCUT2D eigenvalue weighted by molar-refractivity contribution is 0.512. The maximum atomic E-state index is 4.50. The fraction of sp³-hybridized carbons (Fsp3) is 0.391. The third-order valence-electron chi connectivity index (χ3n) is 6.15. The second kappa shape index (κ2) is 6.03. The quantitative estimate of drug-likeness (QED) is 0.691. The maximum absolute atomic E-state index is 4.50. The van der Waals surface area contributed by atoms with Gasteiger partial charge in [0.2, 0.25) is 0 Å². The molecule has 3 aromatic rings. The molecule has 0 fully saturated rings. The highest BCUT2D eigenvalue weighted by Gasteiger charge is 2.35. The van der Waals surface area contributed by atoms with E-state index in [1.54, 1.807) is 0 Å². The molecule has 0 bridgehead atoms. The van der Waals surface area contributed by atoms with E-state index in [2.05, 4.69) is 77.8 Å². The molecule has 1 aromatic carbocycles. The van der Waals surface area contributed by atoms with Gasteiger partial charge in [-0.2, -0.15) is 10.2 Å². The monoisotopic (exact) mass is 358 g/mol. The van der Waals surface area contributed by atoms with Gasteiger partial charge >= 0.3 is 0 Å². The van der Waals surface area contributed by atoms with Crippen molar-refractivity contribution in [3.8, 4) is 0 Å². The van der Waals surface area contributed by atoms with Gasteiger partial charge in [0.05, 0.1) is 11.7 Å². The predicted molar refractivity (Wildman–Crippen MR) is 107 cm³/mol. The lowest BCUT2D eigenvalue weighted by Gasteiger charge is -2.31. The van der Waals surface area contributed by atoms with Gasteiger partial charge in [-0.1, -0.05) is 45.0 Å². The number of nitrogens with zero attached hydrogens (tertiary/aromatic N) is 2. The highest BCUT2D eigenvalue weighted by Crippen LogP contribution is 2.41. The number of benzene rings is 1. The summed E-state index contributed by atoms with van der Waals surface area (Å²) in [7, 11) is 0. The Hall–Kier alpha value is -2.46. The molecule has 0 spiro atoms. The van der Waals surface area contributed by atoms with Crippen molar-refractivity contribution in [2.75, 3.05) is 6.54 Å². The van der Waals surface area contributed by atoms with E-state index >= 15 is 0 Å². The first kappa shape index (κ1) is 16.7. The molecule has 5 rings (SSSR count). The molecule has 4 heteroatoms. The summed E-state index contributed by atoms with van der Waals surface area (Å²) in [6.07, 6.45) is 6.10. The maximum Gasteiger partial charge on any atom is 0.0878 e. The lowest BCUT2D eigenvalue weighted by atomic mass is 9.82. The second-order valence-corrected chi connectivity index (χ2v) is 8.85. The van der Waals surface area contributed by atoms with Crippen molar-refractivity contribution in [1.82, 2.24) is 20.5 Å². The van der Waals surface area contributed by atoms with Crippen LogP contribution >= 0.6 is 0 Å². The summed E-state index contributed by atoms with van der Waals surface area (Å²) < 4.78 is 0. The fourth-order valence-electron chi connectivity index (χ4n) is 4.59. The summed E-state index contributed by atoms with van der Waals surface area (Å²) >= 11 is 0. The molecular formula is C23H26N4. The van der Waals surface area contributed by atoms with Crippen LogP contribution in [0.25, 0.3) is 0 Å².